The van der Waals surface area contributed by atoms with Crippen LogP contribution in [0.1, 0.15) is 24.1 Å². The number of thiazole rings is 1. The maximum atomic E-state index is 13.4. The van der Waals surface area contributed by atoms with Gasteiger partial charge in [-0.15, -0.1) is 11.3 Å². The normalized spacial score (nSPS) is 12.4. The lowest BCUT2D eigenvalue weighted by molar-refractivity contribution is 0.509. The zero-order chi connectivity index (χ0) is 14.7. The summed E-state index contributed by atoms with van der Waals surface area (Å²) in [5, 5.41) is 3.74. The summed E-state index contributed by atoms with van der Waals surface area (Å²) in [5.74, 6) is -1.49. The number of benzene rings is 1. The zero-order valence-corrected chi connectivity index (χ0v) is 12.2. The molecule has 2 aromatic rings. The Bertz CT molecular complexity index is 598. The zero-order valence-electron chi connectivity index (χ0n) is 11.4. The third-order valence-electron chi connectivity index (χ3n) is 3.11. The van der Waals surface area contributed by atoms with E-state index in [0.29, 0.717) is 17.8 Å². The predicted molar refractivity (Wildman–Crippen MR) is 79.1 cm³/mol. The van der Waals surface area contributed by atoms with E-state index >= 15 is 0 Å². The predicted octanol–water partition coefficient (Wildman–Crippen LogP) is 3.58. The Morgan fingerprint density at radius 1 is 1.35 bits per heavy atom. The molecule has 0 aliphatic rings. The molecular formula is C14H17F2N3S. The smallest absolute Gasteiger partial charge is 0.183 e. The van der Waals surface area contributed by atoms with Crippen LogP contribution in [0.2, 0.25) is 0 Å². The molecule has 0 saturated carbocycles. The van der Waals surface area contributed by atoms with Crippen LogP contribution in [0.25, 0.3) is 11.3 Å². The number of nitrogens with zero attached hydrogens (tertiary/aromatic N) is 1. The van der Waals surface area contributed by atoms with Gasteiger partial charge in [0.2, 0.25) is 0 Å². The molecule has 2 rings (SSSR count). The van der Waals surface area contributed by atoms with E-state index in [9.17, 15) is 8.78 Å². The lowest BCUT2D eigenvalue weighted by atomic mass is 10.0. The molecule has 3 nitrogen and oxygen atoms in total. The Labute approximate surface area is 120 Å². The van der Waals surface area contributed by atoms with Crippen molar-refractivity contribution in [3.05, 3.63) is 34.7 Å². The van der Waals surface area contributed by atoms with Gasteiger partial charge >= 0.3 is 0 Å². The summed E-state index contributed by atoms with van der Waals surface area (Å²) in [5.41, 5.74) is 6.88. The standard InChI is InChI=1S/C14H17F2N3S/c1-8(5-6-17)13-12(19-14(18-2)20-13)9-3-4-10(15)11(16)7-9/h3-4,7-8H,5-6,17H2,1-2H3,(H,18,19). The van der Waals surface area contributed by atoms with Crippen LogP contribution in [0.4, 0.5) is 13.9 Å². The van der Waals surface area contributed by atoms with Crippen LogP contribution in [0, 0.1) is 11.6 Å². The van der Waals surface area contributed by atoms with E-state index in [2.05, 4.69) is 17.2 Å². The van der Waals surface area contributed by atoms with Gasteiger partial charge in [0.1, 0.15) is 0 Å². The minimum Gasteiger partial charge on any atom is -0.365 e. The molecule has 0 aliphatic carbocycles. The molecule has 20 heavy (non-hydrogen) atoms. The van der Waals surface area contributed by atoms with Crippen molar-refractivity contribution < 1.29 is 8.78 Å². The lowest BCUT2D eigenvalue weighted by Gasteiger charge is -2.10. The van der Waals surface area contributed by atoms with Gasteiger partial charge in [0, 0.05) is 17.5 Å². The minimum absolute atomic E-state index is 0.225. The highest BCUT2D eigenvalue weighted by molar-refractivity contribution is 7.16. The molecule has 0 spiro atoms. The third-order valence-corrected chi connectivity index (χ3v) is 4.41. The highest BCUT2D eigenvalue weighted by atomic mass is 32.1. The first kappa shape index (κ1) is 14.9. The van der Waals surface area contributed by atoms with E-state index in [0.717, 1.165) is 22.5 Å². The van der Waals surface area contributed by atoms with Gasteiger partial charge in [-0.05, 0) is 37.1 Å². The molecule has 0 fully saturated rings. The summed E-state index contributed by atoms with van der Waals surface area (Å²) in [6.07, 6.45) is 0.821. The average molecular weight is 297 g/mol. The lowest BCUT2D eigenvalue weighted by Crippen LogP contribution is -2.04. The third kappa shape index (κ3) is 2.96. The van der Waals surface area contributed by atoms with E-state index in [1.165, 1.54) is 17.4 Å². The number of anilines is 1. The Balaban J connectivity index is 2.48. The summed E-state index contributed by atoms with van der Waals surface area (Å²) < 4.78 is 26.4. The van der Waals surface area contributed by atoms with E-state index in [-0.39, 0.29) is 5.92 Å². The second-order valence-corrected chi connectivity index (χ2v) is 5.62. The van der Waals surface area contributed by atoms with Crippen LogP contribution >= 0.6 is 11.3 Å². The number of rotatable bonds is 5. The number of aromatic nitrogens is 1. The number of halogens is 2. The molecule has 6 heteroatoms. The van der Waals surface area contributed by atoms with E-state index in [1.54, 1.807) is 13.1 Å². The molecule has 0 saturated heterocycles. The number of hydrogen-bond donors (Lipinski definition) is 2. The first-order chi connectivity index (χ1) is 9.56. The monoisotopic (exact) mass is 297 g/mol. The molecule has 108 valence electrons. The molecule has 1 unspecified atom stereocenters. The molecule has 1 atom stereocenters. The van der Waals surface area contributed by atoms with Crippen molar-refractivity contribution in [3.8, 4) is 11.3 Å². The molecule has 1 aromatic carbocycles. The number of nitrogens with one attached hydrogen (secondary N) is 1. The summed E-state index contributed by atoms with van der Waals surface area (Å²) in [7, 11) is 1.78. The minimum atomic E-state index is -0.862. The molecule has 3 N–H and O–H groups in total. The van der Waals surface area contributed by atoms with E-state index in [1.807, 2.05) is 0 Å². The fourth-order valence-corrected chi connectivity index (χ4v) is 3.03. The summed E-state index contributed by atoms with van der Waals surface area (Å²) in [6.45, 7) is 2.63. The summed E-state index contributed by atoms with van der Waals surface area (Å²) >= 11 is 1.52. The molecule has 1 aromatic heterocycles. The summed E-state index contributed by atoms with van der Waals surface area (Å²) in [6, 6.07) is 3.86. The number of hydrogen-bond acceptors (Lipinski definition) is 4. The Morgan fingerprint density at radius 2 is 2.10 bits per heavy atom. The van der Waals surface area contributed by atoms with Crippen molar-refractivity contribution in [2.24, 2.45) is 5.73 Å². The van der Waals surface area contributed by atoms with Crippen molar-refractivity contribution in [1.29, 1.82) is 0 Å². The van der Waals surface area contributed by atoms with Crippen molar-refractivity contribution in [1.82, 2.24) is 4.98 Å². The number of nitrogens with two attached hydrogens (primary N) is 1. The van der Waals surface area contributed by atoms with Gasteiger partial charge in [-0.25, -0.2) is 13.8 Å². The fourth-order valence-electron chi connectivity index (χ4n) is 2.00. The van der Waals surface area contributed by atoms with Crippen LogP contribution in [0.3, 0.4) is 0 Å². The van der Waals surface area contributed by atoms with Gasteiger partial charge in [0.15, 0.2) is 16.8 Å². The second-order valence-electron chi connectivity index (χ2n) is 4.59. The molecule has 0 amide bonds. The summed E-state index contributed by atoms with van der Waals surface area (Å²) in [4.78, 5) is 5.48. The Hall–Kier alpha value is -1.53. The van der Waals surface area contributed by atoms with E-state index in [4.69, 9.17) is 5.73 Å². The highest BCUT2D eigenvalue weighted by Gasteiger charge is 2.18. The van der Waals surface area contributed by atoms with E-state index < -0.39 is 11.6 Å². The highest BCUT2D eigenvalue weighted by Crippen LogP contribution is 2.37. The van der Waals surface area contributed by atoms with Crippen LogP contribution < -0.4 is 11.1 Å². The van der Waals surface area contributed by atoms with Gasteiger partial charge in [-0.3, -0.25) is 0 Å². The largest absolute Gasteiger partial charge is 0.365 e. The Kier molecular flexibility index (Phi) is 4.67. The van der Waals surface area contributed by atoms with Gasteiger partial charge in [0.25, 0.3) is 0 Å². The van der Waals surface area contributed by atoms with Gasteiger partial charge in [-0.2, -0.15) is 0 Å². The average Bonchev–Trinajstić information content (AvgIpc) is 2.86. The van der Waals surface area contributed by atoms with Crippen molar-refractivity contribution in [2.45, 2.75) is 19.3 Å². The fraction of sp³-hybridized carbons (Fsp3) is 0.357. The van der Waals surface area contributed by atoms with Crippen LogP contribution in [-0.2, 0) is 0 Å². The first-order valence-corrected chi connectivity index (χ1v) is 7.22. The maximum absolute atomic E-state index is 13.4. The quantitative estimate of drug-likeness (QED) is 0.887. The molecule has 0 aliphatic heterocycles. The van der Waals surface area contributed by atoms with Crippen molar-refractivity contribution in [3.63, 3.8) is 0 Å². The molecule has 1 heterocycles. The molecule has 0 bridgehead atoms. The van der Waals surface area contributed by atoms with Crippen LogP contribution in [0.15, 0.2) is 18.2 Å². The second kappa shape index (κ2) is 6.28. The van der Waals surface area contributed by atoms with Gasteiger partial charge < -0.3 is 11.1 Å². The topological polar surface area (TPSA) is 50.9 Å². The van der Waals surface area contributed by atoms with Crippen LogP contribution in [0.5, 0.6) is 0 Å². The maximum Gasteiger partial charge on any atom is 0.183 e. The van der Waals surface area contributed by atoms with Crippen LogP contribution in [-0.4, -0.2) is 18.6 Å². The van der Waals surface area contributed by atoms with Crippen molar-refractivity contribution >= 4 is 16.5 Å². The molecule has 0 radical (unpaired) electrons. The first-order valence-electron chi connectivity index (χ1n) is 6.40. The van der Waals surface area contributed by atoms with Crippen molar-refractivity contribution in [2.75, 3.05) is 18.9 Å². The molecular weight excluding hydrogens is 280 g/mol. The Morgan fingerprint density at radius 3 is 2.70 bits per heavy atom. The van der Waals surface area contributed by atoms with Gasteiger partial charge in [0.05, 0.1) is 5.69 Å². The SMILES string of the molecule is CNc1nc(-c2ccc(F)c(F)c2)c(C(C)CCN)s1. The van der Waals surface area contributed by atoms with Gasteiger partial charge in [-0.1, -0.05) is 6.92 Å².